The molecule has 1 heterocycles. The molecule has 0 saturated heterocycles. The third-order valence-corrected chi connectivity index (χ3v) is 3.50. The van der Waals surface area contributed by atoms with Gasteiger partial charge in [-0.05, 0) is 24.7 Å². The van der Waals surface area contributed by atoms with Crippen molar-refractivity contribution < 1.29 is 5.11 Å². The summed E-state index contributed by atoms with van der Waals surface area (Å²) < 4.78 is 1.74. The minimum atomic E-state index is 0.0706. The number of allylic oxidation sites excluding steroid dienone is 1. The van der Waals surface area contributed by atoms with Gasteiger partial charge in [0.25, 0.3) is 0 Å². The van der Waals surface area contributed by atoms with Gasteiger partial charge in [0.05, 0.1) is 5.52 Å². The summed E-state index contributed by atoms with van der Waals surface area (Å²) >= 11 is 5.11. The van der Waals surface area contributed by atoms with Gasteiger partial charge in [-0.3, -0.25) is 0 Å². The van der Waals surface area contributed by atoms with Crippen LogP contribution in [0.5, 0.6) is 5.88 Å². The highest BCUT2D eigenvalue weighted by Crippen LogP contribution is 2.38. The third kappa shape index (κ3) is 3.51. The molecule has 0 bridgehead atoms. The average molecular weight is 316 g/mol. The number of nitrogens with zero attached hydrogens (tertiary/aromatic N) is 3. The van der Waals surface area contributed by atoms with E-state index < -0.39 is 0 Å². The van der Waals surface area contributed by atoms with E-state index in [2.05, 4.69) is 29.0 Å². The predicted octanol–water partition coefficient (Wildman–Crippen LogP) is 4.29. The zero-order valence-corrected chi connectivity index (χ0v) is 13.4. The highest BCUT2D eigenvalue weighted by Gasteiger charge is 2.15. The van der Waals surface area contributed by atoms with Gasteiger partial charge in [0, 0.05) is 18.5 Å². The molecular weight excluding hydrogens is 296 g/mol. The van der Waals surface area contributed by atoms with Gasteiger partial charge in [0.2, 0.25) is 11.0 Å². The number of hydrogen-bond acceptors (Lipinski definition) is 3. The van der Waals surface area contributed by atoms with Crippen LogP contribution in [0.15, 0.2) is 47.1 Å². The van der Waals surface area contributed by atoms with Crippen LogP contribution in [0, 0.1) is 0 Å². The number of para-hydroxylation sites is 1. The molecule has 0 spiro atoms. The van der Waals surface area contributed by atoms with Crippen LogP contribution in [-0.4, -0.2) is 21.3 Å². The average Bonchev–Trinajstić information content (AvgIpc) is 2.79. The number of aromatic nitrogens is 1. The number of azo groups is 1. The Bertz CT molecular complexity index is 705. The zero-order chi connectivity index (χ0) is 15.9. The van der Waals surface area contributed by atoms with E-state index in [1.807, 2.05) is 24.3 Å². The SMILES string of the molecule is C=CCn1c(O)c(N=NC(=S)NCCCC)c2ccccc21. The molecule has 2 rings (SSSR count). The minimum absolute atomic E-state index is 0.0706. The van der Waals surface area contributed by atoms with E-state index in [0.717, 1.165) is 30.3 Å². The molecule has 0 radical (unpaired) electrons. The van der Waals surface area contributed by atoms with Crippen molar-refractivity contribution in [3.05, 3.63) is 36.9 Å². The quantitative estimate of drug-likeness (QED) is 0.362. The van der Waals surface area contributed by atoms with Crippen LogP contribution < -0.4 is 5.32 Å². The van der Waals surface area contributed by atoms with Crippen molar-refractivity contribution in [1.82, 2.24) is 9.88 Å². The van der Waals surface area contributed by atoms with Gasteiger partial charge in [-0.15, -0.1) is 16.8 Å². The molecule has 0 aliphatic rings. The van der Waals surface area contributed by atoms with Crippen LogP contribution in [0.1, 0.15) is 19.8 Å². The fourth-order valence-corrected chi connectivity index (χ4v) is 2.33. The van der Waals surface area contributed by atoms with Crippen LogP contribution in [0.25, 0.3) is 10.9 Å². The molecule has 22 heavy (non-hydrogen) atoms. The van der Waals surface area contributed by atoms with Gasteiger partial charge in [-0.2, -0.15) is 0 Å². The second kappa shape index (κ2) is 7.70. The molecule has 5 nitrogen and oxygen atoms in total. The minimum Gasteiger partial charge on any atom is -0.493 e. The van der Waals surface area contributed by atoms with Gasteiger partial charge in [0.1, 0.15) is 0 Å². The molecule has 0 aliphatic heterocycles. The lowest BCUT2D eigenvalue weighted by Crippen LogP contribution is -2.19. The summed E-state index contributed by atoms with van der Waals surface area (Å²) in [5.41, 5.74) is 1.32. The Morgan fingerprint density at radius 3 is 2.95 bits per heavy atom. The molecule has 6 heteroatoms. The molecule has 1 aromatic heterocycles. The summed E-state index contributed by atoms with van der Waals surface area (Å²) in [6, 6.07) is 7.64. The molecule has 0 atom stereocenters. The topological polar surface area (TPSA) is 61.9 Å². The molecule has 2 aromatic rings. The first-order valence-electron chi connectivity index (χ1n) is 7.29. The first-order chi connectivity index (χ1) is 10.7. The fourth-order valence-electron chi connectivity index (χ4n) is 2.19. The number of unbranched alkanes of at least 4 members (excludes halogenated alkanes) is 1. The highest BCUT2D eigenvalue weighted by molar-refractivity contribution is 7.80. The second-order valence-electron chi connectivity index (χ2n) is 4.87. The largest absolute Gasteiger partial charge is 0.493 e. The lowest BCUT2D eigenvalue weighted by atomic mass is 10.2. The number of nitrogens with one attached hydrogen (secondary N) is 1. The van der Waals surface area contributed by atoms with Crippen LogP contribution in [0.3, 0.4) is 0 Å². The maximum atomic E-state index is 10.4. The number of aromatic hydroxyl groups is 1. The lowest BCUT2D eigenvalue weighted by Gasteiger charge is -2.02. The molecular formula is C16H20N4OS. The van der Waals surface area contributed by atoms with Crippen LogP contribution >= 0.6 is 12.2 Å². The summed E-state index contributed by atoms with van der Waals surface area (Å²) in [4.78, 5) is 0. The smallest absolute Gasteiger partial charge is 0.221 e. The summed E-state index contributed by atoms with van der Waals surface area (Å²) in [6.07, 6.45) is 3.84. The van der Waals surface area contributed by atoms with E-state index >= 15 is 0 Å². The summed E-state index contributed by atoms with van der Waals surface area (Å²) in [7, 11) is 0. The Balaban J connectivity index is 2.29. The lowest BCUT2D eigenvalue weighted by molar-refractivity contribution is 0.431. The molecule has 0 saturated carbocycles. The van der Waals surface area contributed by atoms with Gasteiger partial charge >= 0.3 is 0 Å². The Morgan fingerprint density at radius 1 is 1.45 bits per heavy atom. The van der Waals surface area contributed by atoms with E-state index in [4.69, 9.17) is 12.2 Å². The zero-order valence-electron chi connectivity index (χ0n) is 12.6. The number of thiocarbonyl (C=S) groups is 1. The van der Waals surface area contributed by atoms with Crippen LogP contribution in [-0.2, 0) is 6.54 Å². The predicted molar refractivity (Wildman–Crippen MR) is 93.8 cm³/mol. The van der Waals surface area contributed by atoms with Crippen molar-refractivity contribution in [2.75, 3.05) is 6.54 Å². The van der Waals surface area contributed by atoms with Gasteiger partial charge in [0.15, 0.2) is 5.69 Å². The van der Waals surface area contributed by atoms with Gasteiger partial charge in [-0.1, -0.05) is 37.6 Å². The number of rotatable bonds is 6. The van der Waals surface area contributed by atoms with E-state index in [1.165, 1.54) is 0 Å². The Kier molecular flexibility index (Phi) is 5.66. The third-order valence-electron chi connectivity index (χ3n) is 3.28. The van der Waals surface area contributed by atoms with E-state index in [9.17, 15) is 5.11 Å². The second-order valence-corrected chi connectivity index (χ2v) is 5.26. The van der Waals surface area contributed by atoms with Crippen molar-refractivity contribution in [1.29, 1.82) is 0 Å². The summed E-state index contributed by atoms with van der Waals surface area (Å²) in [6.45, 7) is 7.10. The van der Waals surface area contributed by atoms with Gasteiger partial charge < -0.3 is 15.0 Å². The maximum Gasteiger partial charge on any atom is 0.221 e. The van der Waals surface area contributed by atoms with E-state index in [1.54, 1.807) is 10.6 Å². The molecule has 0 fully saturated rings. The Morgan fingerprint density at radius 2 is 2.23 bits per heavy atom. The summed E-state index contributed by atoms with van der Waals surface area (Å²) in [5, 5.41) is 22.7. The molecule has 1 aromatic carbocycles. The molecule has 0 unspecified atom stereocenters. The van der Waals surface area contributed by atoms with Crippen molar-refractivity contribution in [3.63, 3.8) is 0 Å². The number of benzene rings is 1. The number of hydrogen-bond donors (Lipinski definition) is 2. The Hall–Kier alpha value is -2.21. The molecule has 0 aliphatic carbocycles. The van der Waals surface area contributed by atoms with Gasteiger partial charge in [-0.25, -0.2) is 0 Å². The summed E-state index contributed by atoms with van der Waals surface area (Å²) in [5.74, 6) is 0.0706. The van der Waals surface area contributed by atoms with Crippen LogP contribution in [0.4, 0.5) is 5.69 Å². The molecule has 0 amide bonds. The maximum absolute atomic E-state index is 10.4. The standard InChI is InChI=1S/C16H20N4OS/c1-3-5-10-17-16(22)19-18-14-12-8-6-7-9-13(12)20(11-4-2)15(14)21/h4,6-9,21H,2-3,5,10-11H2,1H3,(H,17,22). The Labute approximate surface area is 135 Å². The first kappa shape index (κ1) is 16.2. The van der Waals surface area contributed by atoms with E-state index in [0.29, 0.717) is 17.3 Å². The normalized spacial score (nSPS) is 11.1. The van der Waals surface area contributed by atoms with Crippen molar-refractivity contribution in [2.45, 2.75) is 26.3 Å². The van der Waals surface area contributed by atoms with Crippen molar-refractivity contribution >= 4 is 33.9 Å². The van der Waals surface area contributed by atoms with Crippen LogP contribution in [0.2, 0.25) is 0 Å². The monoisotopic (exact) mass is 316 g/mol. The molecule has 116 valence electrons. The first-order valence-corrected chi connectivity index (χ1v) is 7.70. The number of fused-ring (bicyclic) bond motifs is 1. The van der Waals surface area contributed by atoms with Crippen molar-refractivity contribution in [3.8, 4) is 5.88 Å². The van der Waals surface area contributed by atoms with E-state index in [-0.39, 0.29) is 5.88 Å². The fraction of sp³-hybridized carbons (Fsp3) is 0.312. The highest BCUT2D eigenvalue weighted by atomic mass is 32.1. The molecule has 2 N–H and O–H groups in total. The van der Waals surface area contributed by atoms with Crippen molar-refractivity contribution in [2.24, 2.45) is 10.2 Å².